The quantitative estimate of drug-likeness (QED) is 0.704. The third-order valence-corrected chi connectivity index (χ3v) is 4.38. The second-order valence-corrected chi connectivity index (χ2v) is 7.20. The zero-order valence-corrected chi connectivity index (χ0v) is 16.8. The summed E-state index contributed by atoms with van der Waals surface area (Å²) in [7, 11) is 3.95. The van der Waals surface area contributed by atoms with Gasteiger partial charge in [0.05, 0.1) is 18.5 Å². The SMILES string of the molecule is CN(C)CCNC(=O)c1cccc(C2=NC(Nc3ccccc3)=CN(Cl)C2)c1. The smallest absolute Gasteiger partial charge is 0.251 e. The molecule has 0 spiro atoms. The molecule has 1 amide bonds. The number of rotatable bonds is 7. The molecular weight excluding hydrogens is 374 g/mol. The van der Waals surface area contributed by atoms with Crippen LogP contribution in [-0.4, -0.2) is 54.7 Å². The first-order valence-corrected chi connectivity index (χ1v) is 9.42. The first-order valence-electron chi connectivity index (χ1n) is 9.08. The van der Waals surface area contributed by atoms with Gasteiger partial charge in [0, 0.05) is 36.1 Å². The number of likely N-dealkylation sites (N-methyl/N-ethyl adjacent to an activating group) is 1. The highest BCUT2D eigenvalue weighted by Gasteiger charge is 2.16. The Kier molecular flexibility index (Phi) is 6.68. The molecule has 0 bridgehead atoms. The number of aliphatic imine (C=N–C) groups is 1. The normalized spacial score (nSPS) is 13.8. The maximum Gasteiger partial charge on any atom is 0.251 e. The molecule has 7 heteroatoms. The number of nitrogens with zero attached hydrogens (tertiary/aromatic N) is 3. The minimum atomic E-state index is -0.0963. The van der Waals surface area contributed by atoms with Gasteiger partial charge in [0.2, 0.25) is 0 Å². The van der Waals surface area contributed by atoms with Gasteiger partial charge in [0.15, 0.2) is 0 Å². The first kappa shape index (κ1) is 19.9. The van der Waals surface area contributed by atoms with E-state index in [-0.39, 0.29) is 5.91 Å². The van der Waals surface area contributed by atoms with Crippen molar-refractivity contribution >= 4 is 29.1 Å². The molecule has 1 aliphatic rings. The van der Waals surface area contributed by atoms with Crippen LogP contribution in [0.4, 0.5) is 5.69 Å². The predicted molar refractivity (Wildman–Crippen MR) is 115 cm³/mol. The number of benzene rings is 2. The summed E-state index contributed by atoms with van der Waals surface area (Å²) in [6.45, 7) is 1.84. The van der Waals surface area contributed by atoms with Crippen molar-refractivity contribution in [2.24, 2.45) is 4.99 Å². The fourth-order valence-electron chi connectivity index (χ4n) is 2.75. The fraction of sp³-hybridized carbons (Fsp3) is 0.238. The van der Waals surface area contributed by atoms with Gasteiger partial charge in [-0.1, -0.05) is 30.3 Å². The molecule has 0 aromatic heterocycles. The number of carbonyl (C=O) groups excluding carboxylic acids is 1. The number of para-hydroxylation sites is 1. The average molecular weight is 398 g/mol. The molecule has 0 radical (unpaired) electrons. The molecule has 2 aromatic rings. The van der Waals surface area contributed by atoms with Gasteiger partial charge in [-0.25, -0.2) is 4.99 Å². The van der Waals surface area contributed by atoms with Crippen LogP contribution in [0.1, 0.15) is 15.9 Å². The number of hydrogen-bond acceptors (Lipinski definition) is 5. The lowest BCUT2D eigenvalue weighted by molar-refractivity contribution is 0.0951. The highest BCUT2D eigenvalue weighted by Crippen LogP contribution is 2.18. The number of amides is 1. The Morgan fingerprint density at radius 3 is 2.71 bits per heavy atom. The lowest BCUT2D eigenvalue weighted by Crippen LogP contribution is -2.31. The Hall–Kier alpha value is -2.83. The largest absolute Gasteiger partial charge is 0.351 e. The van der Waals surface area contributed by atoms with Crippen LogP contribution in [-0.2, 0) is 0 Å². The van der Waals surface area contributed by atoms with E-state index in [0.717, 1.165) is 23.5 Å². The van der Waals surface area contributed by atoms with Crippen molar-refractivity contribution in [1.29, 1.82) is 0 Å². The summed E-state index contributed by atoms with van der Waals surface area (Å²) >= 11 is 6.27. The van der Waals surface area contributed by atoms with E-state index in [4.69, 9.17) is 11.8 Å². The van der Waals surface area contributed by atoms with Crippen LogP contribution in [0.25, 0.3) is 0 Å². The van der Waals surface area contributed by atoms with E-state index in [1.165, 1.54) is 0 Å². The van der Waals surface area contributed by atoms with Crippen LogP contribution in [0.3, 0.4) is 0 Å². The summed E-state index contributed by atoms with van der Waals surface area (Å²) in [6.07, 6.45) is 1.75. The molecule has 0 atom stereocenters. The van der Waals surface area contributed by atoms with Gasteiger partial charge in [-0.05, 0) is 43.9 Å². The van der Waals surface area contributed by atoms with Crippen molar-refractivity contribution in [2.75, 3.05) is 39.0 Å². The molecule has 2 aromatic carbocycles. The molecule has 0 saturated heterocycles. The average Bonchev–Trinajstić information content (AvgIpc) is 2.68. The Morgan fingerprint density at radius 2 is 1.96 bits per heavy atom. The number of halogens is 1. The van der Waals surface area contributed by atoms with E-state index in [2.05, 4.69) is 15.6 Å². The molecule has 146 valence electrons. The van der Waals surface area contributed by atoms with Gasteiger partial charge in [0.25, 0.3) is 5.91 Å². The molecular formula is C21H24ClN5O. The lowest BCUT2D eigenvalue weighted by Gasteiger charge is -2.21. The maximum atomic E-state index is 12.4. The maximum absolute atomic E-state index is 12.4. The van der Waals surface area contributed by atoms with Crippen molar-refractivity contribution in [3.63, 3.8) is 0 Å². The molecule has 0 unspecified atom stereocenters. The van der Waals surface area contributed by atoms with Crippen LogP contribution in [0.5, 0.6) is 0 Å². The second-order valence-electron chi connectivity index (χ2n) is 6.76. The molecule has 28 heavy (non-hydrogen) atoms. The molecule has 1 heterocycles. The van der Waals surface area contributed by atoms with Crippen LogP contribution in [0, 0.1) is 0 Å². The molecule has 0 aliphatic carbocycles. The predicted octanol–water partition coefficient (Wildman–Crippen LogP) is 3.15. The number of carbonyl (C=O) groups is 1. The van der Waals surface area contributed by atoms with Gasteiger partial charge in [-0.2, -0.15) is 0 Å². The summed E-state index contributed by atoms with van der Waals surface area (Å²) in [4.78, 5) is 19.1. The number of anilines is 1. The van der Waals surface area contributed by atoms with Gasteiger partial charge in [-0.3, -0.25) is 9.21 Å². The third-order valence-electron chi connectivity index (χ3n) is 4.17. The first-order chi connectivity index (χ1) is 13.5. The van der Waals surface area contributed by atoms with Gasteiger partial charge < -0.3 is 15.5 Å². The Balaban J connectivity index is 1.75. The van der Waals surface area contributed by atoms with Crippen molar-refractivity contribution in [3.8, 4) is 0 Å². The summed E-state index contributed by atoms with van der Waals surface area (Å²) < 4.78 is 1.55. The molecule has 0 saturated carbocycles. The van der Waals surface area contributed by atoms with E-state index >= 15 is 0 Å². The Labute approximate surface area is 170 Å². The van der Waals surface area contributed by atoms with E-state index < -0.39 is 0 Å². The van der Waals surface area contributed by atoms with Gasteiger partial charge >= 0.3 is 0 Å². The highest BCUT2D eigenvalue weighted by atomic mass is 35.5. The zero-order chi connectivity index (χ0) is 19.9. The molecule has 0 fully saturated rings. The summed E-state index contributed by atoms with van der Waals surface area (Å²) in [5.74, 6) is 0.546. The van der Waals surface area contributed by atoms with E-state index in [0.29, 0.717) is 24.5 Å². The van der Waals surface area contributed by atoms with E-state index in [1.807, 2.05) is 67.5 Å². The summed E-state index contributed by atoms with van der Waals surface area (Å²) in [5.41, 5.74) is 3.19. The summed E-state index contributed by atoms with van der Waals surface area (Å²) in [5, 5.41) is 6.18. The Morgan fingerprint density at radius 1 is 1.18 bits per heavy atom. The number of hydrogen-bond donors (Lipinski definition) is 2. The topological polar surface area (TPSA) is 60.0 Å². The van der Waals surface area contributed by atoms with Gasteiger partial charge in [0.1, 0.15) is 5.82 Å². The molecule has 6 nitrogen and oxygen atoms in total. The van der Waals surface area contributed by atoms with Crippen LogP contribution < -0.4 is 10.6 Å². The monoisotopic (exact) mass is 397 g/mol. The second kappa shape index (κ2) is 9.39. The van der Waals surface area contributed by atoms with Gasteiger partial charge in [-0.15, -0.1) is 0 Å². The van der Waals surface area contributed by atoms with Crippen LogP contribution in [0.15, 0.2) is 71.6 Å². The van der Waals surface area contributed by atoms with Crippen LogP contribution in [0.2, 0.25) is 0 Å². The van der Waals surface area contributed by atoms with Crippen LogP contribution >= 0.6 is 11.8 Å². The lowest BCUT2D eigenvalue weighted by atomic mass is 10.1. The third kappa shape index (κ3) is 5.58. The number of nitrogens with one attached hydrogen (secondary N) is 2. The molecule has 2 N–H and O–H groups in total. The molecule has 1 aliphatic heterocycles. The van der Waals surface area contributed by atoms with Crippen molar-refractivity contribution in [3.05, 3.63) is 77.7 Å². The zero-order valence-electron chi connectivity index (χ0n) is 16.0. The van der Waals surface area contributed by atoms with E-state index in [9.17, 15) is 4.79 Å². The van der Waals surface area contributed by atoms with Crippen molar-refractivity contribution < 1.29 is 4.79 Å². The minimum Gasteiger partial charge on any atom is -0.351 e. The van der Waals surface area contributed by atoms with E-state index in [1.54, 1.807) is 16.7 Å². The van der Waals surface area contributed by atoms with Crippen molar-refractivity contribution in [1.82, 2.24) is 14.6 Å². The summed E-state index contributed by atoms with van der Waals surface area (Å²) in [6, 6.07) is 17.2. The molecule has 3 rings (SSSR count). The standard InChI is InChI=1S/C21H24ClN5O/c1-26(2)12-11-23-21(28)17-8-6-7-16(13-17)19-14-27(22)15-20(25-19)24-18-9-4-3-5-10-18/h3-10,13,15,24H,11-12,14H2,1-2H3,(H,23,28). The minimum absolute atomic E-state index is 0.0963. The fourth-order valence-corrected chi connectivity index (χ4v) is 2.96. The van der Waals surface area contributed by atoms with Crippen molar-refractivity contribution in [2.45, 2.75) is 0 Å². The Bertz CT molecular complexity index is 879. The highest BCUT2D eigenvalue weighted by molar-refractivity contribution is 6.17.